The molecule has 0 aliphatic carbocycles. The number of hydrogen-bond donors (Lipinski definition) is 3. The van der Waals surface area contributed by atoms with Crippen molar-refractivity contribution < 1.29 is 14.7 Å². The van der Waals surface area contributed by atoms with E-state index >= 15 is 0 Å². The first-order chi connectivity index (χ1) is 9.43. The molecule has 120 valence electrons. The van der Waals surface area contributed by atoms with Gasteiger partial charge in [-0.25, -0.2) is 4.79 Å². The van der Waals surface area contributed by atoms with E-state index < -0.39 is 11.5 Å². The van der Waals surface area contributed by atoms with Crippen LogP contribution in [0.25, 0.3) is 0 Å². The predicted octanol–water partition coefficient (Wildman–Crippen LogP) is 1.70. The number of aliphatic imine (C=N–C) groups is 1. The topological polar surface area (TPSA) is 105 Å². The average molecular weight is 297 g/mol. The van der Waals surface area contributed by atoms with Crippen molar-refractivity contribution in [1.82, 2.24) is 5.32 Å². The Bertz CT molecular complexity index is 476. The van der Waals surface area contributed by atoms with E-state index in [0.717, 1.165) is 0 Å². The van der Waals surface area contributed by atoms with Gasteiger partial charge in [-0.05, 0) is 32.7 Å². The van der Waals surface area contributed by atoms with Crippen LogP contribution in [0.5, 0.6) is 0 Å². The molecule has 6 heteroatoms. The molecule has 0 saturated carbocycles. The maximum atomic E-state index is 11.8. The average Bonchev–Trinajstić information content (AvgIpc) is 2.64. The monoisotopic (exact) mass is 297 g/mol. The highest BCUT2D eigenvalue weighted by molar-refractivity contribution is 6.16. The third kappa shape index (κ3) is 4.97. The molecule has 1 unspecified atom stereocenters. The molecule has 0 aromatic rings. The van der Waals surface area contributed by atoms with E-state index in [1.165, 1.54) is 6.92 Å². The number of amidine groups is 1. The molecule has 0 bridgehead atoms. The number of nitrogens with two attached hydrogens (primary N) is 1. The van der Waals surface area contributed by atoms with Gasteiger partial charge < -0.3 is 16.2 Å². The van der Waals surface area contributed by atoms with Gasteiger partial charge in [-0.3, -0.25) is 9.79 Å². The molecule has 1 rings (SSSR count). The molecule has 0 spiro atoms. The molecule has 0 saturated heterocycles. The first kappa shape index (κ1) is 19.3. The van der Waals surface area contributed by atoms with Gasteiger partial charge in [0.15, 0.2) is 0 Å². The molecule has 1 heterocycles. The second-order valence-corrected chi connectivity index (χ2v) is 6.02. The summed E-state index contributed by atoms with van der Waals surface area (Å²) in [5.74, 6) is -0.762. The lowest BCUT2D eigenvalue weighted by molar-refractivity contribution is -0.132. The van der Waals surface area contributed by atoms with Crippen molar-refractivity contribution in [3.8, 4) is 0 Å². The first-order valence-electron chi connectivity index (χ1n) is 7.01. The van der Waals surface area contributed by atoms with Crippen molar-refractivity contribution in [3.63, 3.8) is 0 Å². The normalized spacial score (nSPS) is 22.4. The highest BCUT2D eigenvalue weighted by Gasteiger charge is 2.42. The van der Waals surface area contributed by atoms with E-state index in [0.29, 0.717) is 17.5 Å². The Balaban J connectivity index is 0.000000885. The number of rotatable bonds is 3. The molecule has 0 fully saturated rings. The van der Waals surface area contributed by atoms with Crippen LogP contribution in [0.2, 0.25) is 0 Å². The van der Waals surface area contributed by atoms with Crippen LogP contribution < -0.4 is 11.1 Å². The largest absolute Gasteiger partial charge is 0.478 e. The van der Waals surface area contributed by atoms with Crippen molar-refractivity contribution in [2.75, 3.05) is 0 Å². The number of carboxylic acid groups (broad SMARTS) is 1. The zero-order valence-electron chi connectivity index (χ0n) is 13.9. The van der Waals surface area contributed by atoms with Crippen LogP contribution in [0.4, 0.5) is 0 Å². The minimum absolute atomic E-state index is 0.0536. The zero-order chi connectivity index (χ0) is 17.0. The number of amides is 1. The van der Waals surface area contributed by atoms with E-state index in [9.17, 15) is 9.59 Å². The Morgan fingerprint density at radius 2 is 1.71 bits per heavy atom. The van der Waals surface area contributed by atoms with E-state index in [1.54, 1.807) is 13.8 Å². The van der Waals surface area contributed by atoms with Crippen molar-refractivity contribution in [2.24, 2.45) is 16.6 Å². The van der Waals surface area contributed by atoms with Crippen LogP contribution in [-0.2, 0) is 9.59 Å². The maximum absolute atomic E-state index is 11.8. The smallest absolute Gasteiger partial charge is 0.331 e. The highest BCUT2D eigenvalue weighted by Crippen LogP contribution is 2.27. The van der Waals surface area contributed by atoms with Gasteiger partial charge in [0.2, 0.25) is 0 Å². The standard InChI is InChI=1S/C12H18N2O3.C3H9N/c1-6(2)12(5)11(17)13-9(14-12)7(3)8(4)10(15)16;1-3(2)4/h6H,1-5H3,(H,15,16)(H,13,14,17);3H,4H2,1-2H3. The Kier molecular flexibility index (Phi) is 6.76. The minimum atomic E-state index is -1.00. The molecule has 1 aliphatic rings. The quantitative estimate of drug-likeness (QED) is 0.689. The molecule has 1 amide bonds. The summed E-state index contributed by atoms with van der Waals surface area (Å²) in [6, 6.07) is 0.333. The van der Waals surface area contributed by atoms with Gasteiger partial charge >= 0.3 is 5.97 Å². The maximum Gasteiger partial charge on any atom is 0.331 e. The van der Waals surface area contributed by atoms with Gasteiger partial charge in [-0.1, -0.05) is 27.7 Å². The lowest BCUT2D eigenvalue weighted by atomic mass is 9.89. The van der Waals surface area contributed by atoms with Crippen LogP contribution in [0.1, 0.15) is 48.5 Å². The zero-order valence-corrected chi connectivity index (χ0v) is 13.9. The molecule has 21 heavy (non-hydrogen) atoms. The number of aliphatic carboxylic acids is 1. The van der Waals surface area contributed by atoms with Gasteiger partial charge in [0.25, 0.3) is 5.91 Å². The van der Waals surface area contributed by atoms with Crippen LogP contribution in [-0.4, -0.2) is 34.4 Å². The first-order valence-corrected chi connectivity index (χ1v) is 7.01. The second kappa shape index (κ2) is 7.36. The molecule has 0 aromatic carbocycles. The number of nitrogens with zero attached hydrogens (tertiary/aromatic N) is 1. The Hall–Kier alpha value is -1.69. The molecular formula is C15H27N3O3. The lowest BCUT2D eigenvalue weighted by Gasteiger charge is -2.21. The summed E-state index contributed by atoms with van der Waals surface area (Å²) in [6.07, 6.45) is 0. The number of hydrogen-bond acceptors (Lipinski definition) is 4. The fraction of sp³-hybridized carbons (Fsp3) is 0.667. The lowest BCUT2D eigenvalue weighted by Crippen LogP contribution is -2.41. The van der Waals surface area contributed by atoms with Crippen LogP contribution in [0, 0.1) is 5.92 Å². The van der Waals surface area contributed by atoms with Crippen molar-refractivity contribution in [1.29, 1.82) is 0 Å². The van der Waals surface area contributed by atoms with Gasteiger partial charge in [0.1, 0.15) is 11.4 Å². The molecule has 0 radical (unpaired) electrons. The molecular weight excluding hydrogens is 270 g/mol. The van der Waals surface area contributed by atoms with Gasteiger partial charge in [-0.15, -0.1) is 0 Å². The molecule has 1 atom stereocenters. The minimum Gasteiger partial charge on any atom is -0.478 e. The van der Waals surface area contributed by atoms with Crippen molar-refractivity contribution in [3.05, 3.63) is 11.1 Å². The van der Waals surface area contributed by atoms with E-state index in [1.807, 2.05) is 27.7 Å². The van der Waals surface area contributed by atoms with E-state index in [4.69, 9.17) is 10.8 Å². The molecule has 1 aliphatic heterocycles. The summed E-state index contributed by atoms with van der Waals surface area (Å²) < 4.78 is 0. The van der Waals surface area contributed by atoms with Gasteiger partial charge in [0, 0.05) is 11.1 Å². The molecule has 6 nitrogen and oxygen atoms in total. The summed E-state index contributed by atoms with van der Waals surface area (Å²) in [7, 11) is 0. The number of nitrogens with one attached hydrogen (secondary N) is 1. The number of carbonyl (C=O) groups excluding carboxylic acids is 1. The predicted molar refractivity (Wildman–Crippen MR) is 84.2 cm³/mol. The van der Waals surface area contributed by atoms with Crippen LogP contribution in [0.15, 0.2) is 16.1 Å². The summed E-state index contributed by atoms with van der Waals surface area (Å²) in [4.78, 5) is 27.0. The SMILES string of the molecule is CC(C(=O)O)=C(C)C1=NC(C)(C(C)C)C(=O)N1.CC(C)N. The van der Waals surface area contributed by atoms with Crippen molar-refractivity contribution >= 4 is 17.7 Å². The van der Waals surface area contributed by atoms with E-state index in [-0.39, 0.29) is 17.4 Å². The summed E-state index contributed by atoms with van der Waals surface area (Å²) >= 11 is 0. The van der Waals surface area contributed by atoms with E-state index in [2.05, 4.69) is 10.3 Å². The Morgan fingerprint density at radius 3 is 2.00 bits per heavy atom. The van der Waals surface area contributed by atoms with Gasteiger partial charge in [-0.2, -0.15) is 0 Å². The van der Waals surface area contributed by atoms with Crippen LogP contribution in [0.3, 0.4) is 0 Å². The molecule has 4 N–H and O–H groups in total. The molecule has 0 aromatic heterocycles. The number of carbonyl (C=O) groups is 2. The Labute approximate surface area is 126 Å². The van der Waals surface area contributed by atoms with Crippen molar-refractivity contribution in [2.45, 2.75) is 60.0 Å². The third-order valence-electron chi connectivity index (χ3n) is 3.40. The second-order valence-electron chi connectivity index (χ2n) is 6.02. The fourth-order valence-electron chi connectivity index (χ4n) is 1.45. The number of carboxylic acids is 1. The van der Waals surface area contributed by atoms with Gasteiger partial charge in [0.05, 0.1) is 0 Å². The highest BCUT2D eigenvalue weighted by atomic mass is 16.4. The Morgan fingerprint density at radius 1 is 1.29 bits per heavy atom. The summed E-state index contributed by atoms with van der Waals surface area (Å²) in [5.41, 5.74) is 4.99. The van der Waals surface area contributed by atoms with Crippen LogP contribution >= 0.6 is 0 Å². The summed E-state index contributed by atoms with van der Waals surface area (Å²) in [6.45, 7) is 12.6. The fourth-order valence-corrected chi connectivity index (χ4v) is 1.45. The summed E-state index contributed by atoms with van der Waals surface area (Å²) in [5, 5.41) is 11.5. The third-order valence-corrected chi connectivity index (χ3v) is 3.40.